The van der Waals surface area contributed by atoms with E-state index in [9.17, 15) is 18.4 Å². The molecule has 8 heteroatoms. The van der Waals surface area contributed by atoms with Crippen molar-refractivity contribution in [2.24, 2.45) is 0 Å². The van der Waals surface area contributed by atoms with Gasteiger partial charge in [0.1, 0.15) is 17.2 Å². The number of benzene rings is 1. The number of anilines is 2. The van der Waals surface area contributed by atoms with Crippen molar-refractivity contribution in [3.63, 3.8) is 0 Å². The molecule has 0 aliphatic heterocycles. The first-order valence-electron chi connectivity index (χ1n) is 6.49. The lowest BCUT2D eigenvalue weighted by atomic mass is 10.2. The summed E-state index contributed by atoms with van der Waals surface area (Å²) in [5.74, 6) is -3.08. The van der Waals surface area contributed by atoms with Crippen LogP contribution in [0, 0.1) is 11.6 Å². The van der Waals surface area contributed by atoms with Crippen LogP contribution in [-0.2, 0) is 4.79 Å². The number of hydrogen-bond donors (Lipinski definition) is 2. The summed E-state index contributed by atoms with van der Waals surface area (Å²) in [5, 5.41) is 4.50. The Bertz CT molecular complexity index is 766. The Kier molecular flexibility index (Phi) is 4.85. The smallest absolute Gasteiger partial charge is 0.261 e. The number of aromatic nitrogens is 1. The van der Waals surface area contributed by atoms with Crippen LogP contribution in [-0.4, -0.2) is 23.9 Å². The summed E-state index contributed by atoms with van der Waals surface area (Å²) in [5.41, 5.74) is -0.446. The Morgan fingerprint density at radius 3 is 2.39 bits per heavy atom. The van der Waals surface area contributed by atoms with Gasteiger partial charge < -0.3 is 15.4 Å². The molecule has 0 aliphatic carbocycles. The summed E-state index contributed by atoms with van der Waals surface area (Å²) in [7, 11) is 1.34. The van der Waals surface area contributed by atoms with Crippen LogP contribution < -0.4 is 15.4 Å². The molecule has 2 aromatic rings. The summed E-state index contributed by atoms with van der Waals surface area (Å²) in [4.78, 5) is 27.1. The zero-order chi connectivity index (χ0) is 17.0. The van der Waals surface area contributed by atoms with Crippen molar-refractivity contribution in [3.05, 3.63) is 47.7 Å². The number of nitrogens with zero attached hydrogens (tertiary/aromatic N) is 1. The maximum atomic E-state index is 13.8. The second kappa shape index (κ2) is 6.82. The lowest BCUT2D eigenvalue weighted by Crippen LogP contribution is -2.16. The van der Waals surface area contributed by atoms with Gasteiger partial charge in [0.2, 0.25) is 11.8 Å². The Labute approximate surface area is 130 Å². The molecule has 0 spiro atoms. The third kappa shape index (κ3) is 3.79. The molecule has 0 radical (unpaired) electrons. The normalized spacial score (nSPS) is 10.1. The van der Waals surface area contributed by atoms with Gasteiger partial charge in [-0.05, 0) is 18.2 Å². The number of methoxy groups -OCH3 is 1. The number of rotatable bonds is 4. The summed E-state index contributed by atoms with van der Waals surface area (Å²) in [6.45, 7) is 1.18. The molecule has 2 amide bonds. The number of ether oxygens (including phenoxy) is 1. The van der Waals surface area contributed by atoms with Gasteiger partial charge in [-0.25, -0.2) is 13.8 Å². The highest BCUT2D eigenvalue weighted by Gasteiger charge is 2.17. The third-order valence-corrected chi connectivity index (χ3v) is 2.82. The van der Waals surface area contributed by atoms with E-state index in [1.165, 1.54) is 32.4 Å². The molecule has 0 unspecified atom stereocenters. The third-order valence-electron chi connectivity index (χ3n) is 2.82. The van der Waals surface area contributed by atoms with E-state index >= 15 is 0 Å². The average Bonchev–Trinajstić information content (AvgIpc) is 2.51. The molecule has 0 aliphatic rings. The SMILES string of the molecule is COc1ncccc1C(=O)Nc1cc(NC(C)=O)c(F)cc1F. The van der Waals surface area contributed by atoms with Crippen molar-refractivity contribution in [2.45, 2.75) is 6.92 Å². The Morgan fingerprint density at radius 1 is 1.13 bits per heavy atom. The molecule has 6 nitrogen and oxygen atoms in total. The van der Waals surface area contributed by atoms with Crippen molar-refractivity contribution in [2.75, 3.05) is 17.7 Å². The lowest BCUT2D eigenvalue weighted by Gasteiger charge is -2.11. The molecular weight excluding hydrogens is 308 g/mol. The van der Waals surface area contributed by atoms with Crippen molar-refractivity contribution >= 4 is 23.2 Å². The average molecular weight is 321 g/mol. The van der Waals surface area contributed by atoms with E-state index in [0.29, 0.717) is 6.07 Å². The van der Waals surface area contributed by atoms with Crippen LogP contribution in [0.25, 0.3) is 0 Å². The maximum absolute atomic E-state index is 13.8. The van der Waals surface area contributed by atoms with Crippen molar-refractivity contribution in [1.29, 1.82) is 0 Å². The fourth-order valence-corrected chi connectivity index (χ4v) is 1.85. The molecule has 1 aromatic heterocycles. The number of carbonyl (C=O) groups excluding carboxylic acids is 2. The molecule has 0 saturated heterocycles. The summed E-state index contributed by atoms with van der Waals surface area (Å²) in [6.07, 6.45) is 1.43. The number of carbonyl (C=O) groups is 2. The van der Waals surface area contributed by atoms with Gasteiger partial charge >= 0.3 is 0 Å². The number of hydrogen-bond acceptors (Lipinski definition) is 4. The van der Waals surface area contributed by atoms with Crippen LogP contribution in [0.4, 0.5) is 20.2 Å². The number of nitrogens with one attached hydrogen (secondary N) is 2. The highest BCUT2D eigenvalue weighted by atomic mass is 19.1. The van der Waals surface area contributed by atoms with Gasteiger partial charge in [0.05, 0.1) is 18.5 Å². The maximum Gasteiger partial charge on any atom is 0.261 e. The molecule has 1 heterocycles. The van der Waals surface area contributed by atoms with E-state index in [1.54, 1.807) is 0 Å². The fraction of sp³-hybridized carbons (Fsp3) is 0.133. The molecule has 0 saturated carbocycles. The minimum atomic E-state index is -0.979. The quantitative estimate of drug-likeness (QED) is 0.907. The van der Waals surface area contributed by atoms with E-state index in [4.69, 9.17) is 4.74 Å². The van der Waals surface area contributed by atoms with Gasteiger partial charge in [0, 0.05) is 19.2 Å². The molecule has 120 valence electrons. The van der Waals surface area contributed by atoms with Crippen LogP contribution >= 0.6 is 0 Å². The zero-order valence-electron chi connectivity index (χ0n) is 12.3. The first-order valence-corrected chi connectivity index (χ1v) is 6.49. The second-order valence-corrected chi connectivity index (χ2v) is 4.51. The molecule has 2 rings (SSSR count). The van der Waals surface area contributed by atoms with E-state index in [-0.39, 0.29) is 22.8 Å². The largest absolute Gasteiger partial charge is 0.480 e. The van der Waals surface area contributed by atoms with Gasteiger partial charge in [-0.2, -0.15) is 0 Å². The van der Waals surface area contributed by atoms with Crippen LogP contribution in [0.15, 0.2) is 30.5 Å². The van der Waals surface area contributed by atoms with Gasteiger partial charge in [-0.15, -0.1) is 0 Å². The van der Waals surface area contributed by atoms with E-state index in [1.807, 2.05) is 0 Å². The molecular formula is C15H13F2N3O3. The highest BCUT2D eigenvalue weighted by molar-refractivity contribution is 6.06. The fourth-order valence-electron chi connectivity index (χ4n) is 1.85. The van der Waals surface area contributed by atoms with Crippen molar-refractivity contribution in [1.82, 2.24) is 4.98 Å². The molecule has 2 N–H and O–H groups in total. The first-order chi connectivity index (χ1) is 10.9. The topological polar surface area (TPSA) is 80.3 Å². The van der Waals surface area contributed by atoms with E-state index < -0.39 is 23.4 Å². The molecule has 0 fully saturated rings. The van der Waals surface area contributed by atoms with Crippen LogP contribution in [0.3, 0.4) is 0 Å². The number of amides is 2. The van der Waals surface area contributed by atoms with Gasteiger partial charge in [-0.1, -0.05) is 0 Å². The predicted octanol–water partition coefficient (Wildman–Crippen LogP) is 2.58. The van der Waals surface area contributed by atoms with Gasteiger partial charge in [0.15, 0.2) is 0 Å². The lowest BCUT2D eigenvalue weighted by molar-refractivity contribution is -0.114. The first kappa shape index (κ1) is 16.3. The second-order valence-electron chi connectivity index (χ2n) is 4.51. The summed E-state index contributed by atoms with van der Waals surface area (Å²) < 4.78 is 32.3. The van der Waals surface area contributed by atoms with Gasteiger partial charge in [-0.3, -0.25) is 9.59 Å². The van der Waals surface area contributed by atoms with Crippen LogP contribution in [0.5, 0.6) is 5.88 Å². The highest BCUT2D eigenvalue weighted by Crippen LogP contribution is 2.25. The van der Waals surface area contributed by atoms with E-state index in [0.717, 1.165) is 6.07 Å². The Balaban J connectivity index is 2.32. The minimum Gasteiger partial charge on any atom is -0.480 e. The van der Waals surface area contributed by atoms with Crippen molar-refractivity contribution < 1.29 is 23.1 Å². The molecule has 0 bridgehead atoms. The van der Waals surface area contributed by atoms with Gasteiger partial charge in [0.25, 0.3) is 5.91 Å². The summed E-state index contributed by atoms with van der Waals surface area (Å²) >= 11 is 0. The Morgan fingerprint density at radius 2 is 1.78 bits per heavy atom. The van der Waals surface area contributed by atoms with E-state index in [2.05, 4.69) is 15.6 Å². The Hall–Kier alpha value is -3.03. The standard InChI is InChI=1S/C15H13F2N3O3/c1-8(21)19-12-7-13(11(17)6-10(12)16)20-14(22)9-4-3-5-18-15(9)23-2/h3-7H,1-2H3,(H,19,21)(H,20,22). The minimum absolute atomic E-state index is 0.0644. The number of pyridine rings is 1. The monoisotopic (exact) mass is 321 g/mol. The molecule has 23 heavy (non-hydrogen) atoms. The van der Waals surface area contributed by atoms with Crippen molar-refractivity contribution in [3.8, 4) is 5.88 Å². The molecule has 0 atom stereocenters. The predicted molar refractivity (Wildman–Crippen MR) is 79.4 cm³/mol. The van der Waals surface area contributed by atoms with Crippen LogP contribution in [0.1, 0.15) is 17.3 Å². The zero-order valence-corrected chi connectivity index (χ0v) is 12.3. The van der Waals surface area contributed by atoms with Crippen LogP contribution in [0.2, 0.25) is 0 Å². The summed E-state index contributed by atoms with van der Waals surface area (Å²) in [6, 6.07) is 4.52. The molecule has 1 aromatic carbocycles. The number of halogens is 2.